The fraction of sp³-hybridized carbons (Fsp3) is 0.136. The van der Waals surface area contributed by atoms with Crippen LogP contribution in [0.4, 0.5) is 5.95 Å². The topological polar surface area (TPSA) is 64.7 Å². The molecule has 4 nitrogen and oxygen atoms in total. The second kappa shape index (κ2) is 6.28. The van der Waals surface area contributed by atoms with Gasteiger partial charge in [-0.2, -0.15) is 0 Å². The molecule has 0 radical (unpaired) electrons. The van der Waals surface area contributed by atoms with Crippen molar-refractivity contribution < 1.29 is 0 Å². The van der Waals surface area contributed by atoms with E-state index in [0.717, 1.165) is 40.8 Å². The van der Waals surface area contributed by atoms with Crippen molar-refractivity contribution >= 4 is 48.5 Å². The summed E-state index contributed by atoms with van der Waals surface area (Å²) in [5.41, 5.74) is 10.5. The molecule has 0 aliphatic rings. The lowest BCUT2D eigenvalue weighted by atomic mass is 10.1. The zero-order chi connectivity index (χ0) is 18.4. The molecule has 2 N–H and O–H groups in total. The summed E-state index contributed by atoms with van der Waals surface area (Å²) in [6.07, 6.45) is 1.83. The number of nitrogens with two attached hydrogens (primary N) is 1. The number of aryl methyl sites for hydroxylation is 1. The standard InChI is InChI=1S/C22H18N4S/c1-2-6-17-20-18(26-22(23)25-17)12-11-16(24-20)15-9-5-8-14-13-7-3-4-10-19(13)27-21(14)15/h3-5,7-12H,2,6H2,1H3,(H2,23,25,26). The average molecular weight is 370 g/mol. The van der Waals surface area contributed by atoms with Gasteiger partial charge in [-0.15, -0.1) is 11.3 Å². The summed E-state index contributed by atoms with van der Waals surface area (Å²) in [4.78, 5) is 13.7. The van der Waals surface area contributed by atoms with Crippen LogP contribution in [0.1, 0.15) is 19.0 Å². The van der Waals surface area contributed by atoms with Crippen LogP contribution in [-0.4, -0.2) is 15.0 Å². The number of aromatic nitrogens is 3. The Morgan fingerprint density at radius 3 is 2.63 bits per heavy atom. The number of anilines is 1. The molecular weight excluding hydrogens is 352 g/mol. The van der Waals surface area contributed by atoms with Gasteiger partial charge in [-0.3, -0.25) is 0 Å². The van der Waals surface area contributed by atoms with Crippen LogP contribution in [-0.2, 0) is 6.42 Å². The number of hydrogen-bond acceptors (Lipinski definition) is 5. The lowest BCUT2D eigenvalue weighted by Gasteiger charge is -2.08. The number of pyridine rings is 1. The molecule has 3 heterocycles. The van der Waals surface area contributed by atoms with E-state index in [4.69, 9.17) is 10.7 Å². The van der Waals surface area contributed by atoms with Crippen LogP contribution < -0.4 is 5.73 Å². The molecule has 0 amide bonds. The highest BCUT2D eigenvalue weighted by atomic mass is 32.1. The molecule has 2 aromatic carbocycles. The summed E-state index contributed by atoms with van der Waals surface area (Å²) in [6, 6.07) is 19.0. The first-order valence-electron chi connectivity index (χ1n) is 9.08. The van der Waals surface area contributed by atoms with Crippen LogP contribution in [0.25, 0.3) is 42.5 Å². The van der Waals surface area contributed by atoms with Crippen molar-refractivity contribution in [2.45, 2.75) is 19.8 Å². The van der Waals surface area contributed by atoms with Crippen molar-refractivity contribution in [3.63, 3.8) is 0 Å². The molecule has 5 rings (SSSR count). The highest BCUT2D eigenvalue weighted by Crippen LogP contribution is 2.39. The number of nitrogen functional groups attached to an aromatic ring is 1. The first-order chi connectivity index (χ1) is 13.2. The SMILES string of the molecule is CCCc1nc(N)nc2ccc(-c3cccc4c3sc3ccccc34)nc12. The molecule has 3 aromatic heterocycles. The van der Waals surface area contributed by atoms with Gasteiger partial charge in [0.05, 0.1) is 16.9 Å². The van der Waals surface area contributed by atoms with Crippen molar-refractivity contribution in [3.8, 4) is 11.3 Å². The van der Waals surface area contributed by atoms with E-state index in [0.29, 0.717) is 5.95 Å². The molecule has 0 aliphatic carbocycles. The van der Waals surface area contributed by atoms with Gasteiger partial charge >= 0.3 is 0 Å². The largest absolute Gasteiger partial charge is 0.368 e. The summed E-state index contributed by atoms with van der Waals surface area (Å²) in [7, 11) is 0. The Kier molecular flexibility index (Phi) is 3.76. The van der Waals surface area contributed by atoms with Crippen LogP contribution in [0.2, 0.25) is 0 Å². The molecule has 0 saturated carbocycles. The predicted octanol–water partition coefficient (Wildman–Crippen LogP) is 5.59. The lowest BCUT2D eigenvalue weighted by molar-refractivity contribution is 0.885. The Bertz CT molecular complexity index is 1310. The molecule has 27 heavy (non-hydrogen) atoms. The Hall–Kier alpha value is -3.05. The summed E-state index contributed by atoms with van der Waals surface area (Å²) >= 11 is 1.81. The number of hydrogen-bond donors (Lipinski definition) is 1. The molecule has 5 heteroatoms. The van der Waals surface area contributed by atoms with E-state index >= 15 is 0 Å². The quantitative estimate of drug-likeness (QED) is 0.449. The fourth-order valence-corrected chi connectivity index (χ4v) is 4.83. The van der Waals surface area contributed by atoms with Crippen molar-refractivity contribution in [2.24, 2.45) is 0 Å². The highest BCUT2D eigenvalue weighted by Gasteiger charge is 2.13. The van der Waals surface area contributed by atoms with Gasteiger partial charge in [0, 0.05) is 25.7 Å². The Morgan fingerprint density at radius 1 is 0.889 bits per heavy atom. The number of nitrogens with zero attached hydrogens (tertiary/aromatic N) is 3. The van der Waals surface area contributed by atoms with Crippen molar-refractivity contribution in [1.29, 1.82) is 0 Å². The maximum absolute atomic E-state index is 5.87. The van der Waals surface area contributed by atoms with E-state index in [1.165, 1.54) is 20.2 Å². The number of benzene rings is 2. The molecule has 0 bridgehead atoms. The molecule has 0 spiro atoms. The van der Waals surface area contributed by atoms with Crippen molar-refractivity contribution in [3.05, 3.63) is 60.3 Å². The summed E-state index contributed by atoms with van der Waals surface area (Å²) in [5.74, 6) is 0.312. The van der Waals surface area contributed by atoms with Gasteiger partial charge in [0.15, 0.2) is 0 Å². The third kappa shape index (κ3) is 2.62. The zero-order valence-electron chi connectivity index (χ0n) is 14.9. The van der Waals surface area contributed by atoms with Crippen LogP contribution in [0.5, 0.6) is 0 Å². The van der Waals surface area contributed by atoms with Crippen LogP contribution in [0.3, 0.4) is 0 Å². The second-order valence-corrected chi connectivity index (χ2v) is 7.68. The van der Waals surface area contributed by atoms with Crippen LogP contribution in [0.15, 0.2) is 54.6 Å². The smallest absolute Gasteiger partial charge is 0.220 e. The Morgan fingerprint density at radius 2 is 1.74 bits per heavy atom. The highest BCUT2D eigenvalue weighted by molar-refractivity contribution is 7.26. The molecule has 0 saturated heterocycles. The van der Waals surface area contributed by atoms with E-state index in [-0.39, 0.29) is 0 Å². The maximum atomic E-state index is 5.87. The van der Waals surface area contributed by atoms with E-state index in [2.05, 4.69) is 59.4 Å². The van der Waals surface area contributed by atoms with Gasteiger partial charge in [0.25, 0.3) is 0 Å². The molecule has 0 unspecified atom stereocenters. The lowest BCUT2D eigenvalue weighted by Crippen LogP contribution is -2.02. The van der Waals surface area contributed by atoms with E-state index < -0.39 is 0 Å². The van der Waals surface area contributed by atoms with Gasteiger partial charge in [0.1, 0.15) is 5.52 Å². The average Bonchev–Trinajstić information content (AvgIpc) is 3.07. The van der Waals surface area contributed by atoms with Gasteiger partial charge in [-0.05, 0) is 24.6 Å². The van der Waals surface area contributed by atoms with Crippen molar-refractivity contribution in [1.82, 2.24) is 15.0 Å². The second-order valence-electron chi connectivity index (χ2n) is 6.62. The van der Waals surface area contributed by atoms with E-state index in [1.807, 2.05) is 23.5 Å². The Labute approximate surface area is 160 Å². The summed E-state index contributed by atoms with van der Waals surface area (Å²) in [5, 5.41) is 2.57. The van der Waals surface area contributed by atoms with Gasteiger partial charge < -0.3 is 5.73 Å². The fourth-order valence-electron chi connectivity index (χ4n) is 3.60. The molecule has 0 atom stereocenters. The van der Waals surface area contributed by atoms with E-state index in [9.17, 15) is 0 Å². The van der Waals surface area contributed by atoms with Crippen LogP contribution in [0, 0.1) is 0 Å². The zero-order valence-corrected chi connectivity index (χ0v) is 15.8. The molecule has 5 aromatic rings. The minimum atomic E-state index is 0.312. The molecular formula is C22H18N4S. The monoisotopic (exact) mass is 370 g/mol. The van der Waals surface area contributed by atoms with Gasteiger partial charge in [0.2, 0.25) is 5.95 Å². The Balaban J connectivity index is 1.78. The number of thiophene rings is 1. The predicted molar refractivity (Wildman–Crippen MR) is 114 cm³/mol. The van der Waals surface area contributed by atoms with E-state index in [1.54, 1.807) is 0 Å². The number of rotatable bonds is 3. The summed E-state index contributed by atoms with van der Waals surface area (Å²) < 4.78 is 2.56. The third-order valence-corrected chi connectivity index (χ3v) is 6.02. The minimum absolute atomic E-state index is 0.312. The minimum Gasteiger partial charge on any atom is -0.368 e. The van der Waals surface area contributed by atoms with Crippen molar-refractivity contribution in [2.75, 3.05) is 5.73 Å². The third-order valence-electron chi connectivity index (χ3n) is 4.80. The van der Waals surface area contributed by atoms with Crippen LogP contribution >= 0.6 is 11.3 Å². The van der Waals surface area contributed by atoms with Gasteiger partial charge in [-0.1, -0.05) is 49.7 Å². The normalized spacial score (nSPS) is 11.6. The molecule has 0 fully saturated rings. The first-order valence-corrected chi connectivity index (χ1v) is 9.90. The number of fused-ring (bicyclic) bond motifs is 4. The molecule has 0 aliphatic heterocycles. The van der Waals surface area contributed by atoms with Gasteiger partial charge in [-0.25, -0.2) is 15.0 Å². The summed E-state index contributed by atoms with van der Waals surface area (Å²) in [6.45, 7) is 2.13. The molecule has 132 valence electrons. The maximum Gasteiger partial charge on any atom is 0.220 e. The first kappa shape index (κ1) is 16.1.